The summed E-state index contributed by atoms with van der Waals surface area (Å²) in [6.45, 7) is 1.62. The van der Waals surface area contributed by atoms with Crippen LogP contribution in [-0.2, 0) is 11.2 Å². The van der Waals surface area contributed by atoms with Gasteiger partial charge in [-0.25, -0.2) is 0 Å². The zero-order valence-corrected chi connectivity index (χ0v) is 13.0. The molecule has 3 nitrogen and oxygen atoms in total. The third-order valence-corrected chi connectivity index (χ3v) is 4.46. The zero-order chi connectivity index (χ0) is 13.8. The lowest BCUT2D eigenvalue weighted by atomic mass is 9.98. The number of hydrogen-bond acceptors (Lipinski definition) is 2. The Kier molecular flexibility index (Phi) is 5.25. The summed E-state index contributed by atoms with van der Waals surface area (Å²) < 4.78 is 0.865. The van der Waals surface area contributed by atoms with E-state index in [-0.39, 0.29) is 18.4 Å². The molecule has 19 heavy (non-hydrogen) atoms. The van der Waals surface area contributed by atoms with E-state index in [1.54, 1.807) is 12.1 Å². The molecule has 1 saturated heterocycles. The predicted octanol–water partition coefficient (Wildman–Crippen LogP) is 2.88. The van der Waals surface area contributed by atoms with Gasteiger partial charge in [-0.3, -0.25) is 4.79 Å². The summed E-state index contributed by atoms with van der Waals surface area (Å²) in [7, 11) is 0. The first-order chi connectivity index (χ1) is 9.10. The first kappa shape index (κ1) is 14.8. The Labute approximate surface area is 126 Å². The van der Waals surface area contributed by atoms with Crippen molar-refractivity contribution >= 4 is 33.4 Å². The molecule has 0 radical (unpaired) electrons. The van der Waals surface area contributed by atoms with E-state index in [9.17, 15) is 9.90 Å². The maximum atomic E-state index is 12.3. The number of aliphatic hydroxyl groups excluding tert-OH is 1. The Morgan fingerprint density at radius 3 is 3.00 bits per heavy atom. The highest BCUT2D eigenvalue weighted by atomic mass is 79.9. The van der Waals surface area contributed by atoms with E-state index >= 15 is 0 Å². The van der Waals surface area contributed by atoms with E-state index < -0.39 is 0 Å². The normalized spacial score (nSPS) is 19.5. The number of carbonyl (C=O) groups excluding carboxylic acids is 1. The van der Waals surface area contributed by atoms with Crippen molar-refractivity contribution in [2.45, 2.75) is 19.3 Å². The number of likely N-dealkylation sites (tertiary alicyclic amines) is 1. The smallest absolute Gasteiger partial charge is 0.227 e. The van der Waals surface area contributed by atoms with Crippen LogP contribution < -0.4 is 0 Å². The highest BCUT2D eigenvalue weighted by Crippen LogP contribution is 2.23. The molecule has 0 aromatic heterocycles. The second-order valence-corrected chi connectivity index (χ2v) is 6.23. The number of piperidine rings is 1. The van der Waals surface area contributed by atoms with E-state index in [0.29, 0.717) is 18.0 Å². The summed E-state index contributed by atoms with van der Waals surface area (Å²) in [6, 6.07) is 5.47. The molecule has 0 aliphatic carbocycles. The van der Waals surface area contributed by atoms with Gasteiger partial charge in [-0.1, -0.05) is 33.6 Å². The standard InChI is InChI=1S/C14H17BrClNO2/c15-13-7-12(16)4-3-11(13)6-14(19)17-5-1-2-10(8-17)9-18/h3-4,7,10,18H,1-2,5-6,8-9H2. The summed E-state index contributed by atoms with van der Waals surface area (Å²) in [6.07, 6.45) is 2.35. The lowest BCUT2D eigenvalue weighted by molar-refractivity contribution is -0.132. The SMILES string of the molecule is O=C(Cc1ccc(Cl)cc1Br)N1CCCC(CO)C1. The number of rotatable bonds is 3. The van der Waals surface area contributed by atoms with E-state index in [4.69, 9.17) is 11.6 Å². The molecule has 1 aliphatic heterocycles. The number of halogens is 2. The third-order valence-electron chi connectivity index (χ3n) is 3.49. The minimum absolute atomic E-state index is 0.112. The Bertz CT molecular complexity index is 467. The molecule has 1 amide bonds. The summed E-state index contributed by atoms with van der Waals surface area (Å²) in [5, 5.41) is 9.85. The van der Waals surface area contributed by atoms with Gasteiger partial charge in [0, 0.05) is 29.2 Å². The Morgan fingerprint density at radius 2 is 2.32 bits per heavy atom. The van der Waals surface area contributed by atoms with Crippen LogP contribution in [0.25, 0.3) is 0 Å². The maximum Gasteiger partial charge on any atom is 0.227 e. The molecule has 5 heteroatoms. The molecule has 1 unspecified atom stereocenters. The Morgan fingerprint density at radius 1 is 1.53 bits per heavy atom. The molecule has 1 fully saturated rings. The van der Waals surface area contributed by atoms with E-state index in [1.165, 1.54) is 0 Å². The number of aliphatic hydroxyl groups is 1. The van der Waals surface area contributed by atoms with Crippen molar-refractivity contribution in [3.05, 3.63) is 33.3 Å². The first-order valence-electron chi connectivity index (χ1n) is 6.42. The number of carbonyl (C=O) groups is 1. The third kappa shape index (κ3) is 3.94. The summed E-state index contributed by atoms with van der Waals surface area (Å²) in [4.78, 5) is 14.1. The average molecular weight is 347 g/mol. The molecule has 1 aromatic rings. The van der Waals surface area contributed by atoms with Gasteiger partial charge >= 0.3 is 0 Å². The summed E-state index contributed by atoms with van der Waals surface area (Å²) >= 11 is 9.32. The fraction of sp³-hybridized carbons (Fsp3) is 0.500. The van der Waals surface area contributed by atoms with Crippen LogP contribution in [0.2, 0.25) is 5.02 Å². The van der Waals surface area contributed by atoms with Crippen LogP contribution in [0, 0.1) is 5.92 Å². The van der Waals surface area contributed by atoms with Gasteiger partial charge < -0.3 is 10.0 Å². The van der Waals surface area contributed by atoms with Gasteiger partial charge in [0.2, 0.25) is 5.91 Å². The van der Waals surface area contributed by atoms with Crippen molar-refractivity contribution in [3.63, 3.8) is 0 Å². The molecule has 1 N–H and O–H groups in total. The molecule has 104 valence electrons. The molecule has 1 heterocycles. The molecular formula is C14H17BrClNO2. The lowest BCUT2D eigenvalue weighted by Gasteiger charge is -2.32. The highest BCUT2D eigenvalue weighted by molar-refractivity contribution is 9.10. The maximum absolute atomic E-state index is 12.3. The molecular weight excluding hydrogens is 330 g/mol. The number of benzene rings is 1. The van der Waals surface area contributed by atoms with Gasteiger partial charge in [-0.2, -0.15) is 0 Å². The quantitative estimate of drug-likeness (QED) is 0.914. The van der Waals surface area contributed by atoms with Crippen LogP contribution in [-0.4, -0.2) is 35.6 Å². The van der Waals surface area contributed by atoms with Crippen molar-refractivity contribution < 1.29 is 9.90 Å². The molecule has 0 spiro atoms. The first-order valence-corrected chi connectivity index (χ1v) is 7.60. The van der Waals surface area contributed by atoms with Gasteiger partial charge in [0.25, 0.3) is 0 Å². The van der Waals surface area contributed by atoms with Crippen LogP contribution in [0.15, 0.2) is 22.7 Å². The lowest BCUT2D eigenvalue weighted by Crippen LogP contribution is -2.41. The molecule has 1 aromatic carbocycles. The van der Waals surface area contributed by atoms with E-state index in [2.05, 4.69) is 15.9 Å². The van der Waals surface area contributed by atoms with E-state index in [1.807, 2.05) is 11.0 Å². The van der Waals surface area contributed by atoms with Crippen molar-refractivity contribution in [2.75, 3.05) is 19.7 Å². The predicted molar refractivity (Wildman–Crippen MR) is 79.2 cm³/mol. The minimum Gasteiger partial charge on any atom is -0.396 e. The topological polar surface area (TPSA) is 40.5 Å². The molecule has 1 aliphatic rings. The van der Waals surface area contributed by atoms with Crippen molar-refractivity contribution in [3.8, 4) is 0 Å². The Balaban J connectivity index is 2.00. The second-order valence-electron chi connectivity index (χ2n) is 4.94. The van der Waals surface area contributed by atoms with Crippen molar-refractivity contribution in [1.29, 1.82) is 0 Å². The second kappa shape index (κ2) is 6.73. The average Bonchev–Trinajstić information content (AvgIpc) is 2.42. The van der Waals surface area contributed by atoms with Gasteiger partial charge in [0.05, 0.1) is 6.42 Å². The Hall–Kier alpha value is -0.580. The number of amides is 1. The fourth-order valence-electron chi connectivity index (χ4n) is 2.38. The van der Waals surface area contributed by atoms with Crippen molar-refractivity contribution in [1.82, 2.24) is 4.90 Å². The minimum atomic E-state index is 0.112. The van der Waals surface area contributed by atoms with Gasteiger partial charge in [0.15, 0.2) is 0 Å². The monoisotopic (exact) mass is 345 g/mol. The zero-order valence-electron chi connectivity index (χ0n) is 10.6. The van der Waals surface area contributed by atoms with Gasteiger partial charge in [-0.15, -0.1) is 0 Å². The molecule has 0 saturated carbocycles. The summed E-state index contributed by atoms with van der Waals surface area (Å²) in [5.41, 5.74) is 0.945. The highest BCUT2D eigenvalue weighted by Gasteiger charge is 2.23. The van der Waals surface area contributed by atoms with Crippen LogP contribution >= 0.6 is 27.5 Å². The fourth-order valence-corrected chi connectivity index (χ4v) is 3.20. The van der Waals surface area contributed by atoms with Gasteiger partial charge in [0.1, 0.15) is 0 Å². The van der Waals surface area contributed by atoms with Crippen LogP contribution in [0.5, 0.6) is 0 Å². The van der Waals surface area contributed by atoms with Crippen LogP contribution in [0.1, 0.15) is 18.4 Å². The molecule has 2 rings (SSSR count). The number of nitrogens with zero attached hydrogens (tertiary/aromatic N) is 1. The van der Waals surface area contributed by atoms with Crippen LogP contribution in [0.3, 0.4) is 0 Å². The summed E-state index contributed by atoms with van der Waals surface area (Å²) in [5.74, 6) is 0.340. The van der Waals surface area contributed by atoms with Gasteiger partial charge in [-0.05, 0) is 36.5 Å². The van der Waals surface area contributed by atoms with Crippen molar-refractivity contribution in [2.24, 2.45) is 5.92 Å². The largest absolute Gasteiger partial charge is 0.396 e. The van der Waals surface area contributed by atoms with Crippen LogP contribution in [0.4, 0.5) is 0 Å². The molecule has 1 atom stereocenters. The van der Waals surface area contributed by atoms with E-state index in [0.717, 1.165) is 29.4 Å². The molecule has 0 bridgehead atoms. The number of hydrogen-bond donors (Lipinski definition) is 1.